The van der Waals surface area contributed by atoms with Gasteiger partial charge in [0.1, 0.15) is 23.2 Å². The highest BCUT2D eigenvalue weighted by molar-refractivity contribution is 7.98. The van der Waals surface area contributed by atoms with Gasteiger partial charge in [0.05, 0.1) is 5.69 Å². The van der Waals surface area contributed by atoms with Crippen molar-refractivity contribution in [3.05, 3.63) is 39.9 Å². The maximum atomic E-state index is 14.5. The largest absolute Gasteiger partial charge is 0.543 e. The van der Waals surface area contributed by atoms with Crippen LogP contribution in [0.25, 0.3) is 11.3 Å². The van der Waals surface area contributed by atoms with Crippen LogP contribution in [0, 0.1) is 17.1 Å². The summed E-state index contributed by atoms with van der Waals surface area (Å²) in [5.74, 6) is -0.0566. The van der Waals surface area contributed by atoms with Crippen molar-refractivity contribution < 1.29 is 8.82 Å². The van der Waals surface area contributed by atoms with E-state index in [0.29, 0.717) is 10.9 Å². The average Bonchev–Trinajstić information content (AvgIpc) is 2.54. The molecule has 0 bridgehead atoms. The molecule has 1 N–H and O–H groups in total. The number of halogens is 1. The van der Waals surface area contributed by atoms with Crippen LogP contribution in [0.1, 0.15) is 26.3 Å². The van der Waals surface area contributed by atoms with Gasteiger partial charge in [0.2, 0.25) is 8.32 Å². The topological polar surface area (TPSA) is 78.8 Å². The van der Waals surface area contributed by atoms with Crippen LogP contribution in [0.4, 0.5) is 4.39 Å². The highest BCUT2D eigenvalue weighted by Crippen LogP contribution is 2.38. The van der Waals surface area contributed by atoms with Gasteiger partial charge in [-0.25, -0.2) is 9.37 Å². The van der Waals surface area contributed by atoms with Gasteiger partial charge in [0.15, 0.2) is 5.16 Å². The highest BCUT2D eigenvalue weighted by atomic mass is 32.2. The van der Waals surface area contributed by atoms with Crippen LogP contribution >= 0.6 is 11.8 Å². The average molecular weight is 392 g/mol. The minimum atomic E-state index is -2.12. The van der Waals surface area contributed by atoms with Crippen LogP contribution in [-0.4, -0.2) is 24.5 Å². The zero-order valence-electron chi connectivity index (χ0n) is 15.7. The first-order valence-corrected chi connectivity index (χ1v) is 12.2. The third kappa shape index (κ3) is 4.00. The Morgan fingerprint density at radius 3 is 2.54 bits per heavy atom. The minimum absolute atomic E-state index is 0.0203. The lowest BCUT2D eigenvalue weighted by atomic mass is 10.1. The highest BCUT2D eigenvalue weighted by Gasteiger charge is 2.39. The van der Waals surface area contributed by atoms with Crippen molar-refractivity contribution in [3.8, 4) is 23.1 Å². The molecule has 0 fully saturated rings. The van der Waals surface area contributed by atoms with Crippen molar-refractivity contribution in [2.24, 2.45) is 0 Å². The number of benzene rings is 1. The molecular formula is C18H22FN3O2SSi. The number of H-pyrrole nitrogens is 1. The zero-order chi connectivity index (χ0) is 19.7. The molecule has 0 saturated heterocycles. The summed E-state index contributed by atoms with van der Waals surface area (Å²) >= 11 is 1.21. The Morgan fingerprint density at radius 1 is 1.35 bits per heavy atom. The fourth-order valence-corrected chi connectivity index (χ4v) is 3.44. The summed E-state index contributed by atoms with van der Waals surface area (Å²) in [4.78, 5) is 18.8. The van der Waals surface area contributed by atoms with Gasteiger partial charge >= 0.3 is 0 Å². The van der Waals surface area contributed by atoms with Crippen LogP contribution in [0.2, 0.25) is 18.1 Å². The summed E-state index contributed by atoms with van der Waals surface area (Å²) in [5, 5.41) is 9.61. The molecule has 0 aliphatic rings. The first-order valence-electron chi connectivity index (χ1n) is 8.07. The Bertz CT molecular complexity index is 929. The molecule has 5 nitrogen and oxygen atoms in total. The maximum Gasteiger partial charge on any atom is 0.270 e. The maximum absolute atomic E-state index is 14.5. The van der Waals surface area contributed by atoms with Gasteiger partial charge in [-0.3, -0.25) is 4.79 Å². The van der Waals surface area contributed by atoms with Crippen molar-refractivity contribution in [2.75, 3.05) is 6.26 Å². The van der Waals surface area contributed by atoms with Crippen molar-refractivity contribution in [3.63, 3.8) is 0 Å². The van der Waals surface area contributed by atoms with E-state index in [2.05, 4.69) is 43.8 Å². The van der Waals surface area contributed by atoms with Gasteiger partial charge in [0, 0.05) is 5.56 Å². The van der Waals surface area contributed by atoms with E-state index in [0.717, 1.165) is 0 Å². The summed E-state index contributed by atoms with van der Waals surface area (Å²) in [5.41, 5.74) is -0.693. The molecule has 26 heavy (non-hydrogen) atoms. The normalized spacial score (nSPS) is 11.9. The number of nitrogens with zero attached hydrogens (tertiary/aromatic N) is 2. The van der Waals surface area contributed by atoms with E-state index in [1.165, 1.54) is 23.9 Å². The molecule has 1 aromatic heterocycles. The van der Waals surface area contributed by atoms with Crippen LogP contribution in [-0.2, 0) is 0 Å². The summed E-state index contributed by atoms with van der Waals surface area (Å²) < 4.78 is 20.7. The molecule has 1 aromatic carbocycles. The molecule has 0 spiro atoms. The second-order valence-corrected chi connectivity index (χ2v) is 12.9. The number of hydrogen-bond donors (Lipinski definition) is 1. The van der Waals surface area contributed by atoms with E-state index in [1.807, 2.05) is 6.07 Å². The van der Waals surface area contributed by atoms with Gasteiger partial charge in [-0.05, 0) is 42.6 Å². The van der Waals surface area contributed by atoms with Crippen molar-refractivity contribution in [2.45, 2.75) is 44.1 Å². The Kier molecular flexibility index (Phi) is 5.63. The lowest BCUT2D eigenvalue weighted by Crippen LogP contribution is -2.43. The number of aromatic nitrogens is 2. The number of nitrogens with one attached hydrogen (secondary N) is 1. The van der Waals surface area contributed by atoms with E-state index >= 15 is 0 Å². The van der Waals surface area contributed by atoms with Crippen LogP contribution in [0.15, 0.2) is 28.2 Å². The fourth-order valence-electron chi connectivity index (χ4n) is 2.04. The zero-order valence-corrected chi connectivity index (χ0v) is 17.5. The van der Waals surface area contributed by atoms with Crippen LogP contribution < -0.4 is 9.99 Å². The molecule has 0 aliphatic heterocycles. The Labute approximate surface area is 157 Å². The van der Waals surface area contributed by atoms with Crippen LogP contribution in [0.5, 0.6) is 5.75 Å². The summed E-state index contributed by atoms with van der Waals surface area (Å²) in [7, 11) is -2.12. The molecule has 0 amide bonds. The van der Waals surface area contributed by atoms with Gasteiger partial charge in [0.25, 0.3) is 5.56 Å². The van der Waals surface area contributed by atoms with E-state index < -0.39 is 19.7 Å². The molecular weight excluding hydrogens is 369 g/mol. The van der Waals surface area contributed by atoms with Gasteiger partial charge < -0.3 is 9.41 Å². The smallest absolute Gasteiger partial charge is 0.270 e. The van der Waals surface area contributed by atoms with E-state index in [1.54, 1.807) is 12.3 Å². The molecule has 0 radical (unpaired) electrons. The van der Waals surface area contributed by atoms with Crippen molar-refractivity contribution in [1.29, 1.82) is 5.26 Å². The third-order valence-electron chi connectivity index (χ3n) is 4.57. The predicted octanol–water partition coefficient (Wildman–Crippen LogP) is 4.55. The van der Waals surface area contributed by atoms with E-state index in [9.17, 15) is 14.4 Å². The number of hydrogen-bond acceptors (Lipinski definition) is 5. The van der Waals surface area contributed by atoms with Crippen molar-refractivity contribution in [1.82, 2.24) is 9.97 Å². The lowest BCUT2D eigenvalue weighted by Gasteiger charge is -2.36. The van der Waals surface area contributed by atoms with Gasteiger partial charge in [-0.1, -0.05) is 32.5 Å². The summed E-state index contributed by atoms with van der Waals surface area (Å²) in [6.45, 7) is 10.5. The Balaban J connectivity index is 2.61. The summed E-state index contributed by atoms with van der Waals surface area (Å²) in [6, 6.07) is 6.18. The monoisotopic (exact) mass is 391 g/mol. The second-order valence-electron chi connectivity index (χ2n) is 7.41. The second kappa shape index (κ2) is 7.25. The van der Waals surface area contributed by atoms with Crippen molar-refractivity contribution >= 4 is 20.1 Å². The molecule has 2 aromatic rings. The van der Waals surface area contributed by atoms with Gasteiger partial charge in [-0.2, -0.15) is 5.26 Å². The lowest BCUT2D eigenvalue weighted by molar-refractivity contribution is 0.491. The molecule has 0 unspecified atom stereocenters. The first-order chi connectivity index (χ1) is 12.0. The molecule has 138 valence electrons. The SMILES string of the molecule is CSc1nc(-c2cc(O[Si](C)(C)C(C)(C)C)ccc2F)c(C#N)c(=O)[nH]1. The standard InChI is InChI=1S/C18H22FN3O2SSi/c1-18(2,3)26(5,6)24-11-7-8-14(19)12(9-11)15-13(10-20)16(23)22-17(21-15)25-4/h7-9H,1-6H3,(H,21,22,23). The molecule has 0 atom stereocenters. The third-order valence-corrected chi connectivity index (χ3v) is 9.51. The van der Waals surface area contributed by atoms with Gasteiger partial charge in [-0.15, -0.1) is 0 Å². The number of nitriles is 1. The predicted molar refractivity (Wildman–Crippen MR) is 105 cm³/mol. The minimum Gasteiger partial charge on any atom is -0.543 e. The number of aromatic amines is 1. The molecule has 2 rings (SSSR count). The van der Waals surface area contributed by atoms with Crippen LogP contribution in [0.3, 0.4) is 0 Å². The fraction of sp³-hybridized carbons (Fsp3) is 0.389. The molecule has 0 aliphatic carbocycles. The first kappa shape index (κ1) is 20.2. The summed E-state index contributed by atoms with van der Waals surface area (Å²) in [6.07, 6.45) is 1.74. The van der Waals surface area contributed by atoms with E-state index in [-0.39, 0.29) is 21.9 Å². The Hall–Kier alpha value is -2.11. The molecule has 0 saturated carbocycles. The number of rotatable bonds is 4. The van der Waals surface area contributed by atoms with E-state index in [4.69, 9.17) is 4.43 Å². The number of thioether (sulfide) groups is 1. The Morgan fingerprint density at radius 2 is 2.00 bits per heavy atom. The molecule has 8 heteroatoms. The quantitative estimate of drug-likeness (QED) is 0.470. The molecule has 1 heterocycles.